The molecule has 0 amide bonds. The molecule has 0 unspecified atom stereocenters. The van der Waals surface area contributed by atoms with Crippen molar-refractivity contribution in [2.75, 3.05) is 13.1 Å². The average molecular weight is 473 g/mol. The lowest BCUT2D eigenvalue weighted by molar-refractivity contribution is 0.331. The van der Waals surface area contributed by atoms with Crippen molar-refractivity contribution in [2.24, 2.45) is 0 Å². The van der Waals surface area contributed by atoms with Crippen molar-refractivity contribution in [1.82, 2.24) is 40.0 Å². The van der Waals surface area contributed by atoms with Crippen LogP contribution in [0.2, 0.25) is 0 Å². The molecule has 0 spiro atoms. The predicted molar refractivity (Wildman–Crippen MR) is 140 cm³/mol. The number of fused-ring (bicyclic) bond motifs is 2. The molecule has 1 aromatic carbocycles. The van der Waals surface area contributed by atoms with Crippen LogP contribution in [-0.4, -0.2) is 53.1 Å². The number of hydrogen-bond donors (Lipinski definition) is 2. The Labute approximate surface area is 207 Å². The molecule has 36 heavy (non-hydrogen) atoms. The van der Waals surface area contributed by atoms with E-state index in [2.05, 4.69) is 59.3 Å². The topological polar surface area (TPSA) is 99.3 Å². The Morgan fingerprint density at radius 2 is 1.67 bits per heavy atom. The monoisotopic (exact) mass is 472 g/mol. The highest BCUT2D eigenvalue weighted by Crippen LogP contribution is 2.32. The summed E-state index contributed by atoms with van der Waals surface area (Å²) in [6.45, 7) is 3.29. The highest BCUT2D eigenvalue weighted by Gasteiger charge is 2.17. The van der Waals surface area contributed by atoms with E-state index in [1.54, 1.807) is 18.6 Å². The third-order valence-corrected chi connectivity index (χ3v) is 6.87. The van der Waals surface area contributed by atoms with E-state index in [9.17, 15) is 0 Å². The summed E-state index contributed by atoms with van der Waals surface area (Å²) < 4.78 is 0. The second-order valence-corrected chi connectivity index (χ2v) is 9.27. The van der Waals surface area contributed by atoms with Crippen LogP contribution in [-0.2, 0) is 6.54 Å². The number of pyridine rings is 3. The van der Waals surface area contributed by atoms with Gasteiger partial charge in [-0.2, -0.15) is 5.10 Å². The maximum atomic E-state index is 4.92. The summed E-state index contributed by atoms with van der Waals surface area (Å²) in [4.78, 5) is 24.1. The molecule has 8 heteroatoms. The molecule has 0 bridgehead atoms. The van der Waals surface area contributed by atoms with Crippen molar-refractivity contribution >= 4 is 21.9 Å². The largest absolute Gasteiger partial charge is 0.336 e. The van der Waals surface area contributed by atoms with E-state index in [-0.39, 0.29) is 0 Å². The Morgan fingerprint density at radius 3 is 2.56 bits per heavy atom. The van der Waals surface area contributed by atoms with Gasteiger partial charge in [0.05, 0.1) is 16.7 Å². The normalized spacial score (nSPS) is 14.2. The molecule has 1 aliphatic rings. The molecule has 6 heterocycles. The lowest BCUT2D eigenvalue weighted by Gasteiger charge is -2.14. The standard InChI is InChI=1S/C28H24N8/c1-2-12-36(11-1)17-18-13-21(16-30-15-18)20-3-4-23-22(14-20)26(35-34-23)28-32-24-7-10-31-25(27(24)33-28)19-5-8-29-9-6-19/h3-10,13-16H,1-2,11-12,17H2,(H,32,33)(H,34,35). The van der Waals surface area contributed by atoms with Crippen molar-refractivity contribution < 1.29 is 0 Å². The van der Waals surface area contributed by atoms with E-state index in [4.69, 9.17) is 4.98 Å². The highest BCUT2D eigenvalue weighted by atomic mass is 15.1. The first-order valence-corrected chi connectivity index (χ1v) is 12.2. The Hall–Kier alpha value is -4.43. The van der Waals surface area contributed by atoms with E-state index in [1.807, 2.05) is 30.6 Å². The Bertz CT molecular complexity index is 1680. The zero-order valence-electron chi connectivity index (χ0n) is 19.6. The second-order valence-electron chi connectivity index (χ2n) is 9.27. The average Bonchev–Trinajstić information content (AvgIpc) is 3.68. The van der Waals surface area contributed by atoms with Gasteiger partial charge >= 0.3 is 0 Å². The van der Waals surface area contributed by atoms with Gasteiger partial charge in [0.2, 0.25) is 0 Å². The molecule has 0 atom stereocenters. The smallest absolute Gasteiger partial charge is 0.159 e. The molecule has 8 nitrogen and oxygen atoms in total. The number of hydrogen-bond acceptors (Lipinski definition) is 6. The Morgan fingerprint density at radius 1 is 0.778 bits per heavy atom. The van der Waals surface area contributed by atoms with Gasteiger partial charge in [0.15, 0.2) is 5.82 Å². The van der Waals surface area contributed by atoms with Crippen molar-refractivity contribution in [3.8, 4) is 33.9 Å². The molecule has 1 saturated heterocycles. The number of nitrogens with zero attached hydrogens (tertiary/aromatic N) is 6. The van der Waals surface area contributed by atoms with Crippen molar-refractivity contribution in [1.29, 1.82) is 0 Å². The maximum absolute atomic E-state index is 4.92. The van der Waals surface area contributed by atoms with Crippen LogP contribution in [0.3, 0.4) is 0 Å². The number of nitrogens with one attached hydrogen (secondary N) is 2. The summed E-state index contributed by atoms with van der Waals surface area (Å²) in [5.41, 5.74) is 8.72. The summed E-state index contributed by atoms with van der Waals surface area (Å²) >= 11 is 0. The molecular weight excluding hydrogens is 448 g/mol. The lowest BCUT2D eigenvalue weighted by Crippen LogP contribution is -2.18. The number of H-pyrrole nitrogens is 2. The minimum Gasteiger partial charge on any atom is -0.336 e. The zero-order chi connectivity index (χ0) is 23.9. The van der Waals surface area contributed by atoms with Crippen LogP contribution >= 0.6 is 0 Å². The van der Waals surface area contributed by atoms with Crippen LogP contribution in [0.1, 0.15) is 18.4 Å². The summed E-state index contributed by atoms with van der Waals surface area (Å²) in [6, 6.07) is 14.4. The molecule has 1 fully saturated rings. The van der Waals surface area contributed by atoms with Gasteiger partial charge in [-0.1, -0.05) is 6.07 Å². The van der Waals surface area contributed by atoms with Gasteiger partial charge in [-0.05, 0) is 73.5 Å². The molecular formula is C28H24N8. The number of likely N-dealkylation sites (tertiary alicyclic amines) is 1. The third-order valence-electron chi connectivity index (χ3n) is 6.87. The molecule has 0 aliphatic carbocycles. The minimum absolute atomic E-state index is 0.706. The quantitative estimate of drug-likeness (QED) is 0.357. The molecule has 6 aromatic rings. The predicted octanol–water partition coefficient (Wildman–Crippen LogP) is 5.22. The minimum atomic E-state index is 0.706. The third kappa shape index (κ3) is 3.72. The number of benzene rings is 1. The zero-order valence-corrected chi connectivity index (χ0v) is 19.6. The van der Waals surface area contributed by atoms with Crippen LogP contribution in [0.25, 0.3) is 55.8 Å². The fourth-order valence-corrected chi connectivity index (χ4v) is 5.07. The molecule has 2 N–H and O–H groups in total. The summed E-state index contributed by atoms with van der Waals surface area (Å²) in [5, 5.41) is 8.78. The van der Waals surface area contributed by atoms with E-state index in [0.29, 0.717) is 5.82 Å². The van der Waals surface area contributed by atoms with Crippen LogP contribution in [0.4, 0.5) is 0 Å². The van der Waals surface area contributed by atoms with Crippen LogP contribution < -0.4 is 0 Å². The molecule has 5 aromatic heterocycles. The van der Waals surface area contributed by atoms with Gasteiger partial charge < -0.3 is 4.98 Å². The number of aromatic amines is 2. The Kier molecular flexibility index (Phi) is 5.03. The first kappa shape index (κ1) is 20.9. The van der Waals surface area contributed by atoms with Crippen LogP contribution in [0.15, 0.2) is 73.4 Å². The van der Waals surface area contributed by atoms with Crippen LogP contribution in [0, 0.1) is 0 Å². The van der Waals surface area contributed by atoms with Gasteiger partial charge in [-0.3, -0.25) is 25.0 Å². The van der Waals surface area contributed by atoms with E-state index in [0.717, 1.165) is 56.6 Å². The first-order valence-electron chi connectivity index (χ1n) is 12.2. The fraction of sp³-hybridized carbons (Fsp3) is 0.179. The summed E-state index contributed by atoms with van der Waals surface area (Å²) in [6.07, 6.45) is 11.8. The van der Waals surface area contributed by atoms with Gasteiger partial charge in [-0.25, -0.2) is 4.98 Å². The van der Waals surface area contributed by atoms with Gasteiger partial charge in [-0.15, -0.1) is 0 Å². The van der Waals surface area contributed by atoms with E-state index in [1.165, 1.54) is 31.5 Å². The number of aromatic nitrogens is 7. The molecule has 176 valence electrons. The fourth-order valence-electron chi connectivity index (χ4n) is 5.07. The van der Waals surface area contributed by atoms with Gasteiger partial charge in [0.1, 0.15) is 11.2 Å². The highest BCUT2D eigenvalue weighted by molar-refractivity contribution is 5.97. The van der Waals surface area contributed by atoms with Gasteiger partial charge in [0, 0.05) is 54.0 Å². The lowest BCUT2D eigenvalue weighted by atomic mass is 10.0. The number of imidazole rings is 1. The van der Waals surface area contributed by atoms with Gasteiger partial charge in [0.25, 0.3) is 0 Å². The van der Waals surface area contributed by atoms with Crippen molar-refractivity contribution in [3.63, 3.8) is 0 Å². The maximum Gasteiger partial charge on any atom is 0.159 e. The van der Waals surface area contributed by atoms with E-state index < -0.39 is 0 Å². The van der Waals surface area contributed by atoms with Crippen LogP contribution in [0.5, 0.6) is 0 Å². The summed E-state index contributed by atoms with van der Waals surface area (Å²) in [5.74, 6) is 0.706. The Balaban J connectivity index is 1.28. The van der Waals surface area contributed by atoms with Crippen molar-refractivity contribution in [2.45, 2.75) is 19.4 Å². The SMILES string of the molecule is c1cc(-c2nccc3[nH]c(-c4n[nH]c5ccc(-c6cncc(CN7CCCC7)c6)cc45)nc23)ccn1. The van der Waals surface area contributed by atoms with E-state index >= 15 is 0 Å². The molecule has 7 rings (SSSR count). The molecule has 0 saturated carbocycles. The molecule has 1 aliphatic heterocycles. The summed E-state index contributed by atoms with van der Waals surface area (Å²) in [7, 11) is 0. The number of rotatable bonds is 5. The molecule has 0 radical (unpaired) electrons. The first-order chi connectivity index (χ1) is 17.8. The second kappa shape index (κ2) is 8.66. The van der Waals surface area contributed by atoms with Crippen molar-refractivity contribution in [3.05, 3.63) is 79.0 Å².